The molecule has 0 spiro atoms. The van der Waals surface area contributed by atoms with Crippen molar-refractivity contribution < 1.29 is 22.4 Å². The van der Waals surface area contributed by atoms with Crippen LogP contribution in [0.1, 0.15) is 22.3 Å². The second-order valence-electron chi connectivity index (χ2n) is 9.70. The summed E-state index contributed by atoms with van der Waals surface area (Å²) in [6.45, 7) is 1.58. The number of amides is 1. The molecule has 7 nitrogen and oxygen atoms in total. The Balaban J connectivity index is 1.49. The van der Waals surface area contributed by atoms with Crippen LogP contribution < -0.4 is 16.0 Å². The highest BCUT2D eigenvalue weighted by Gasteiger charge is 2.33. The smallest absolute Gasteiger partial charge is 0.369 e. The number of hydrogen-bond acceptors (Lipinski definition) is 6. The van der Waals surface area contributed by atoms with Crippen molar-refractivity contribution in [1.82, 2.24) is 14.9 Å². The third-order valence-corrected chi connectivity index (χ3v) is 7.01. The molecule has 0 radical (unpaired) electrons. The maximum Gasteiger partial charge on any atom is 0.416 e. The number of fused-ring (bicyclic) bond motifs is 1. The molecule has 202 valence electrons. The highest BCUT2D eigenvalue weighted by molar-refractivity contribution is 6.07. The monoisotopic (exact) mass is 538 g/mol. The van der Waals surface area contributed by atoms with Gasteiger partial charge in [0.1, 0.15) is 5.82 Å². The minimum Gasteiger partial charge on any atom is -0.369 e. The topological polar surface area (TPSA) is 87.4 Å². The van der Waals surface area contributed by atoms with E-state index in [0.717, 1.165) is 37.7 Å². The van der Waals surface area contributed by atoms with Gasteiger partial charge in [0.2, 0.25) is 5.95 Å². The first-order valence-electron chi connectivity index (χ1n) is 12.3. The summed E-state index contributed by atoms with van der Waals surface area (Å²) in [5, 5.41) is 3.24. The second kappa shape index (κ2) is 10.1. The van der Waals surface area contributed by atoms with Crippen LogP contribution in [-0.2, 0) is 6.18 Å². The number of halogens is 4. The average Bonchev–Trinajstić information content (AvgIpc) is 3.34. The van der Waals surface area contributed by atoms with Crippen molar-refractivity contribution in [2.45, 2.75) is 18.6 Å². The fourth-order valence-electron chi connectivity index (χ4n) is 4.84. The summed E-state index contributed by atoms with van der Waals surface area (Å²) in [4.78, 5) is 25.4. The standard InChI is InChI=1S/C28H26F4N6O/c1-37-10-9-20(15-37)38(2)25-8-5-19(28(30,31)32)13-24(25)35-26(39)21-12-17(3-6-22(21)29)16-4-7-23-18(11-16)14-34-27(33)36-23/h3-8,11-14,20H,9-10,15H2,1-2H3,(H,35,39)(H2,33,34,36)/t20-/m0/s1. The molecule has 1 aromatic heterocycles. The van der Waals surface area contributed by atoms with Crippen LogP contribution in [0.3, 0.4) is 0 Å². The molecule has 39 heavy (non-hydrogen) atoms. The summed E-state index contributed by atoms with van der Waals surface area (Å²) >= 11 is 0. The van der Waals surface area contributed by atoms with E-state index < -0.39 is 23.5 Å². The molecule has 1 saturated heterocycles. The molecule has 1 fully saturated rings. The Kier molecular flexibility index (Phi) is 6.85. The fourth-order valence-corrected chi connectivity index (χ4v) is 4.84. The predicted molar refractivity (Wildman–Crippen MR) is 143 cm³/mol. The van der Waals surface area contributed by atoms with Crippen molar-refractivity contribution in [3.63, 3.8) is 0 Å². The van der Waals surface area contributed by atoms with Crippen LogP contribution in [-0.4, -0.2) is 54.0 Å². The van der Waals surface area contributed by atoms with E-state index >= 15 is 0 Å². The molecule has 0 aliphatic carbocycles. The minimum absolute atomic E-state index is 0.0443. The minimum atomic E-state index is -4.61. The Morgan fingerprint density at radius 1 is 1.10 bits per heavy atom. The van der Waals surface area contributed by atoms with Crippen molar-refractivity contribution in [1.29, 1.82) is 0 Å². The van der Waals surface area contributed by atoms with Crippen LogP contribution in [0.2, 0.25) is 0 Å². The van der Waals surface area contributed by atoms with E-state index in [-0.39, 0.29) is 23.2 Å². The van der Waals surface area contributed by atoms with Gasteiger partial charge in [-0.25, -0.2) is 14.4 Å². The van der Waals surface area contributed by atoms with Gasteiger partial charge < -0.3 is 20.9 Å². The molecule has 1 amide bonds. The lowest BCUT2D eigenvalue weighted by atomic mass is 10.0. The number of benzene rings is 3. The van der Waals surface area contributed by atoms with Gasteiger partial charge >= 0.3 is 6.18 Å². The van der Waals surface area contributed by atoms with Gasteiger partial charge in [0, 0.05) is 31.2 Å². The lowest BCUT2D eigenvalue weighted by Gasteiger charge is -2.29. The van der Waals surface area contributed by atoms with Gasteiger partial charge in [-0.05, 0) is 73.6 Å². The van der Waals surface area contributed by atoms with Crippen molar-refractivity contribution in [3.05, 3.63) is 77.7 Å². The maximum absolute atomic E-state index is 14.9. The van der Waals surface area contributed by atoms with E-state index in [0.29, 0.717) is 27.7 Å². The highest BCUT2D eigenvalue weighted by atomic mass is 19.4. The molecule has 0 bridgehead atoms. The van der Waals surface area contributed by atoms with E-state index in [4.69, 9.17) is 5.73 Å². The number of anilines is 3. The van der Waals surface area contributed by atoms with Crippen LogP contribution in [0.25, 0.3) is 22.0 Å². The Morgan fingerprint density at radius 2 is 1.85 bits per heavy atom. The Hall–Kier alpha value is -4.25. The third kappa shape index (κ3) is 5.49. The highest BCUT2D eigenvalue weighted by Crippen LogP contribution is 2.37. The molecular formula is C28H26F4N6O. The van der Waals surface area contributed by atoms with Gasteiger partial charge in [-0.2, -0.15) is 13.2 Å². The number of nitrogens with zero attached hydrogens (tertiary/aromatic N) is 4. The number of nitrogens with one attached hydrogen (secondary N) is 1. The summed E-state index contributed by atoms with van der Waals surface area (Å²) < 4.78 is 55.5. The predicted octanol–water partition coefficient (Wildman–Crippen LogP) is 5.43. The van der Waals surface area contributed by atoms with Crippen LogP contribution in [0.5, 0.6) is 0 Å². The van der Waals surface area contributed by atoms with E-state index in [1.54, 1.807) is 31.4 Å². The van der Waals surface area contributed by atoms with Gasteiger partial charge in [0.05, 0.1) is 28.0 Å². The summed E-state index contributed by atoms with van der Waals surface area (Å²) in [7, 11) is 3.75. The molecule has 1 aliphatic heterocycles. The van der Waals surface area contributed by atoms with E-state index in [2.05, 4.69) is 20.2 Å². The first-order valence-corrected chi connectivity index (χ1v) is 12.3. The number of nitrogen functional groups attached to an aromatic ring is 1. The molecule has 5 rings (SSSR count). The molecule has 4 aromatic rings. The van der Waals surface area contributed by atoms with Crippen LogP contribution in [0.4, 0.5) is 34.9 Å². The summed E-state index contributed by atoms with van der Waals surface area (Å²) in [6, 6.07) is 12.6. The normalized spacial score (nSPS) is 16.0. The zero-order valence-corrected chi connectivity index (χ0v) is 21.3. The van der Waals surface area contributed by atoms with Gasteiger partial charge in [0.25, 0.3) is 5.91 Å². The molecule has 3 N–H and O–H groups in total. The molecule has 1 atom stereocenters. The Morgan fingerprint density at radius 3 is 2.56 bits per heavy atom. The third-order valence-electron chi connectivity index (χ3n) is 7.01. The van der Waals surface area contributed by atoms with E-state index in [1.807, 2.05) is 11.9 Å². The quantitative estimate of drug-likeness (QED) is 0.330. The molecule has 2 heterocycles. The molecule has 0 unspecified atom stereocenters. The number of alkyl halides is 3. The number of rotatable bonds is 5. The number of likely N-dealkylation sites (tertiary alicyclic amines) is 1. The molecule has 3 aromatic carbocycles. The lowest BCUT2D eigenvalue weighted by molar-refractivity contribution is -0.137. The Labute approximate surface area is 222 Å². The molecular weight excluding hydrogens is 512 g/mol. The molecule has 1 aliphatic rings. The fraction of sp³-hybridized carbons (Fsp3) is 0.250. The maximum atomic E-state index is 14.9. The van der Waals surface area contributed by atoms with Crippen LogP contribution in [0.15, 0.2) is 60.8 Å². The van der Waals surface area contributed by atoms with Crippen molar-refractivity contribution in [2.75, 3.05) is 43.1 Å². The van der Waals surface area contributed by atoms with E-state index in [9.17, 15) is 22.4 Å². The summed E-state index contributed by atoms with van der Waals surface area (Å²) in [5.41, 5.74) is 6.64. The number of carbonyl (C=O) groups is 1. The largest absolute Gasteiger partial charge is 0.416 e. The number of carbonyl (C=O) groups excluding carboxylic acids is 1. The van der Waals surface area contributed by atoms with Crippen LogP contribution in [0, 0.1) is 5.82 Å². The van der Waals surface area contributed by atoms with Crippen molar-refractivity contribution in [3.8, 4) is 11.1 Å². The van der Waals surface area contributed by atoms with Gasteiger partial charge in [-0.15, -0.1) is 0 Å². The zero-order chi connectivity index (χ0) is 27.9. The first kappa shape index (κ1) is 26.4. The SMILES string of the molecule is CN1CC[C@H](N(C)c2ccc(C(F)(F)F)cc2NC(=O)c2cc(-c3ccc4nc(N)ncc4c3)ccc2F)C1. The Bertz CT molecular complexity index is 1560. The number of aromatic nitrogens is 2. The molecule has 11 heteroatoms. The number of nitrogens with two attached hydrogens (primary N) is 1. The number of hydrogen-bond donors (Lipinski definition) is 2. The summed E-state index contributed by atoms with van der Waals surface area (Å²) in [6.07, 6.45) is -2.23. The van der Waals surface area contributed by atoms with Crippen molar-refractivity contribution >= 4 is 34.1 Å². The number of likely N-dealkylation sites (N-methyl/N-ethyl adjacent to an activating group) is 2. The van der Waals surface area contributed by atoms with Gasteiger partial charge in [-0.1, -0.05) is 12.1 Å². The zero-order valence-electron chi connectivity index (χ0n) is 21.3. The summed E-state index contributed by atoms with van der Waals surface area (Å²) in [5.74, 6) is -1.52. The van der Waals surface area contributed by atoms with Gasteiger partial charge in [0.15, 0.2) is 0 Å². The lowest BCUT2D eigenvalue weighted by Crippen LogP contribution is -2.34. The van der Waals surface area contributed by atoms with E-state index in [1.165, 1.54) is 18.2 Å². The second-order valence-corrected chi connectivity index (χ2v) is 9.70. The van der Waals surface area contributed by atoms with Crippen LogP contribution >= 0.6 is 0 Å². The van der Waals surface area contributed by atoms with Gasteiger partial charge in [-0.3, -0.25) is 4.79 Å². The van der Waals surface area contributed by atoms with Crippen molar-refractivity contribution in [2.24, 2.45) is 0 Å². The first-order chi connectivity index (χ1) is 18.5. The molecule has 0 saturated carbocycles. The average molecular weight is 539 g/mol.